The second-order valence-electron chi connectivity index (χ2n) is 3.46. The Balaban J connectivity index is 1.53. The van der Waals surface area contributed by atoms with Crippen LogP contribution in [0.25, 0.3) is 0 Å². The standard InChI is InChI=1S/C9H15N3S/c1(9-6-13-7-12-9)2-10-3-8-4-11-5-8/h6-8,10-11H,1-5H2. The van der Waals surface area contributed by atoms with Crippen molar-refractivity contribution in [3.8, 4) is 0 Å². The highest BCUT2D eigenvalue weighted by molar-refractivity contribution is 7.07. The van der Waals surface area contributed by atoms with Crippen molar-refractivity contribution in [2.24, 2.45) is 5.92 Å². The normalized spacial score (nSPS) is 17.2. The van der Waals surface area contributed by atoms with Crippen molar-refractivity contribution in [1.82, 2.24) is 15.6 Å². The van der Waals surface area contributed by atoms with Gasteiger partial charge in [0.25, 0.3) is 0 Å². The fourth-order valence-corrected chi connectivity index (χ4v) is 1.97. The van der Waals surface area contributed by atoms with E-state index in [1.165, 1.54) is 18.8 Å². The van der Waals surface area contributed by atoms with Crippen LogP contribution in [0.2, 0.25) is 0 Å². The average molecular weight is 197 g/mol. The molecule has 1 saturated heterocycles. The minimum Gasteiger partial charge on any atom is -0.316 e. The summed E-state index contributed by atoms with van der Waals surface area (Å²) in [6.45, 7) is 4.57. The molecule has 1 aliphatic rings. The summed E-state index contributed by atoms with van der Waals surface area (Å²) in [6.07, 6.45) is 1.06. The Morgan fingerprint density at radius 3 is 3.15 bits per heavy atom. The number of thiazole rings is 1. The number of hydrogen-bond donors (Lipinski definition) is 2. The highest BCUT2D eigenvalue weighted by Crippen LogP contribution is 2.02. The van der Waals surface area contributed by atoms with Crippen molar-refractivity contribution in [2.45, 2.75) is 6.42 Å². The van der Waals surface area contributed by atoms with Crippen LogP contribution in [0.3, 0.4) is 0 Å². The monoisotopic (exact) mass is 197 g/mol. The number of rotatable bonds is 5. The Bertz CT molecular complexity index is 231. The summed E-state index contributed by atoms with van der Waals surface area (Å²) in [5.41, 5.74) is 3.11. The van der Waals surface area contributed by atoms with Gasteiger partial charge in [-0.05, 0) is 5.92 Å². The quantitative estimate of drug-likeness (QED) is 0.675. The summed E-state index contributed by atoms with van der Waals surface area (Å²) in [5, 5.41) is 8.83. The lowest BCUT2D eigenvalue weighted by atomic mass is 10.0. The molecule has 0 saturated carbocycles. The summed E-state index contributed by atoms with van der Waals surface area (Å²) in [6, 6.07) is 0. The maximum atomic E-state index is 4.23. The molecule has 4 heteroatoms. The van der Waals surface area contributed by atoms with Crippen LogP contribution in [-0.2, 0) is 6.42 Å². The third kappa shape index (κ3) is 2.76. The molecule has 1 fully saturated rings. The largest absolute Gasteiger partial charge is 0.316 e. The van der Waals surface area contributed by atoms with Crippen LogP contribution in [0.5, 0.6) is 0 Å². The van der Waals surface area contributed by atoms with E-state index in [1.807, 2.05) is 5.51 Å². The van der Waals surface area contributed by atoms with Gasteiger partial charge in [-0.1, -0.05) is 0 Å². The topological polar surface area (TPSA) is 37.0 Å². The van der Waals surface area contributed by atoms with Gasteiger partial charge in [-0.2, -0.15) is 0 Å². The second-order valence-corrected chi connectivity index (χ2v) is 4.18. The zero-order chi connectivity index (χ0) is 8.93. The molecule has 2 N–H and O–H groups in total. The molecule has 3 nitrogen and oxygen atoms in total. The third-order valence-electron chi connectivity index (χ3n) is 2.34. The molecule has 1 aromatic rings. The average Bonchev–Trinajstić information content (AvgIpc) is 2.53. The molecule has 72 valence electrons. The van der Waals surface area contributed by atoms with Crippen molar-refractivity contribution >= 4 is 11.3 Å². The fourth-order valence-electron chi connectivity index (χ4n) is 1.38. The molecule has 0 aromatic carbocycles. The first-order chi connectivity index (χ1) is 6.45. The lowest BCUT2D eigenvalue weighted by Gasteiger charge is -2.27. The predicted octanol–water partition coefficient (Wildman–Crippen LogP) is 0.495. The van der Waals surface area contributed by atoms with E-state index in [2.05, 4.69) is 21.0 Å². The molecule has 2 heterocycles. The fraction of sp³-hybridized carbons (Fsp3) is 0.667. The van der Waals surface area contributed by atoms with Gasteiger partial charge in [0.05, 0.1) is 11.2 Å². The Kier molecular flexibility index (Phi) is 3.29. The lowest BCUT2D eigenvalue weighted by molar-refractivity contribution is 0.332. The van der Waals surface area contributed by atoms with E-state index < -0.39 is 0 Å². The number of hydrogen-bond acceptors (Lipinski definition) is 4. The van der Waals surface area contributed by atoms with Crippen LogP contribution in [-0.4, -0.2) is 31.2 Å². The van der Waals surface area contributed by atoms with E-state index in [4.69, 9.17) is 0 Å². The van der Waals surface area contributed by atoms with Gasteiger partial charge in [-0.3, -0.25) is 0 Å². The van der Waals surface area contributed by atoms with Gasteiger partial charge in [0.2, 0.25) is 0 Å². The second kappa shape index (κ2) is 4.69. The first-order valence-corrected chi connectivity index (χ1v) is 5.68. The molecule has 0 aliphatic carbocycles. The van der Waals surface area contributed by atoms with E-state index in [-0.39, 0.29) is 0 Å². The van der Waals surface area contributed by atoms with Gasteiger partial charge in [0.1, 0.15) is 0 Å². The van der Waals surface area contributed by atoms with Crippen LogP contribution in [0.15, 0.2) is 10.9 Å². The Hall–Kier alpha value is -0.450. The van der Waals surface area contributed by atoms with Crippen LogP contribution in [0.4, 0.5) is 0 Å². The van der Waals surface area contributed by atoms with Gasteiger partial charge in [-0.25, -0.2) is 4.98 Å². The van der Waals surface area contributed by atoms with Gasteiger partial charge < -0.3 is 10.6 Å². The van der Waals surface area contributed by atoms with E-state index in [9.17, 15) is 0 Å². The minimum absolute atomic E-state index is 0.857. The summed E-state index contributed by atoms with van der Waals surface area (Å²) < 4.78 is 0. The van der Waals surface area contributed by atoms with Crippen LogP contribution in [0, 0.1) is 5.92 Å². The van der Waals surface area contributed by atoms with Crippen molar-refractivity contribution in [1.29, 1.82) is 0 Å². The van der Waals surface area contributed by atoms with Gasteiger partial charge in [0.15, 0.2) is 0 Å². The smallest absolute Gasteiger partial charge is 0.0794 e. The zero-order valence-electron chi connectivity index (χ0n) is 7.62. The third-order valence-corrected chi connectivity index (χ3v) is 2.98. The highest BCUT2D eigenvalue weighted by atomic mass is 32.1. The lowest BCUT2D eigenvalue weighted by Crippen LogP contribution is -2.47. The first kappa shape index (κ1) is 9.12. The molecule has 0 unspecified atom stereocenters. The molecule has 1 aliphatic heterocycles. The summed E-state index contributed by atoms with van der Waals surface area (Å²) >= 11 is 1.67. The van der Waals surface area contributed by atoms with Crippen molar-refractivity contribution in [2.75, 3.05) is 26.2 Å². The molecule has 0 atom stereocenters. The molecule has 1 aromatic heterocycles. The number of aromatic nitrogens is 1. The SMILES string of the molecule is c1nc(CCNCC2CNC2)cs1. The predicted molar refractivity (Wildman–Crippen MR) is 55.0 cm³/mol. The maximum absolute atomic E-state index is 4.23. The summed E-state index contributed by atoms with van der Waals surface area (Å²) in [7, 11) is 0. The maximum Gasteiger partial charge on any atom is 0.0794 e. The van der Waals surface area contributed by atoms with Gasteiger partial charge >= 0.3 is 0 Å². The molecule has 2 rings (SSSR count). The minimum atomic E-state index is 0.857. The molecule has 13 heavy (non-hydrogen) atoms. The van der Waals surface area contributed by atoms with E-state index in [1.54, 1.807) is 11.3 Å². The molecular weight excluding hydrogens is 182 g/mol. The van der Waals surface area contributed by atoms with Crippen molar-refractivity contribution < 1.29 is 0 Å². The Labute approximate surface area is 82.6 Å². The molecular formula is C9H15N3S. The highest BCUT2D eigenvalue weighted by Gasteiger charge is 2.15. The number of nitrogens with zero attached hydrogens (tertiary/aromatic N) is 1. The van der Waals surface area contributed by atoms with Crippen LogP contribution in [0.1, 0.15) is 5.69 Å². The van der Waals surface area contributed by atoms with Crippen molar-refractivity contribution in [3.05, 3.63) is 16.6 Å². The first-order valence-electron chi connectivity index (χ1n) is 4.73. The molecule has 0 spiro atoms. The summed E-state index contributed by atoms with van der Waals surface area (Å²) in [4.78, 5) is 4.23. The van der Waals surface area contributed by atoms with E-state index in [0.717, 1.165) is 25.4 Å². The van der Waals surface area contributed by atoms with Crippen LogP contribution < -0.4 is 10.6 Å². The van der Waals surface area contributed by atoms with Crippen LogP contribution >= 0.6 is 11.3 Å². The summed E-state index contributed by atoms with van der Waals surface area (Å²) in [5.74, 6) is 0.857. The Morgan fingerprint density at radius 2 is 2.54 bits per heavy atom. The molecule has 0 radical (unpaired) electrons. The number of nitrogens with one attached hydrogen (secondary N) is 2. The van der Waals surface area contributed by atoms with Crippen molar-refractivity contribution in [3.63, 3.8) is 0 Å². The van der Waals surface area contributed by atoms with Gasteiger partial charge in [-0.15, -0.1) is 11.3 Å². The Morgan fingerprint density at radius 1 is 1.62 bits per heavy atom. The van der Waals surface area contributed by atoms with Gasteiger partial charge in [0, 0.05) is 38.0 Å². The zero-order valence-corrected chi connectivity index (χ0v) is 8.44. The van der Waals surface area contributed by atoms with E-state index >= 15 is 0 Å². The molecule has 0 bridgehead atoms. The molecule has 0 amide bonds. The van der Waals surface area contributed by atoms with E-state index in [0.29, 0.717) is 0 Å².